The van der Waals surface area contributed by atoms with E-state index in [1.54, 1.807) is 0 Å². The number of hydrogen-bond donors (Lipinski definition) is 1. The molecular weight excluding hydrogens is 356 g/mol. The highest BCUT2D eigenvalue weighted by Gasteiger charge is 2.36. The third-order valence-corrected chi connectivity index (χ3v) is 6.61. The van der Waals surface area contributed by atoms with Crippen molar-refractivity contribution in [2.75, 3.05) is 19.6 Å². The van der Waals surface area contributed by atoms with Crippen LogP contribution in [-0.4, -0.2) is 35.7 Å². The average Bonchev–Trinajstić information content (AvgIpc) is 2.76. The topological polar surface area (TPSA) is 47.3 Å². The van der Waals surface area contributed by atoms with E-state index >= 15 is 0 Å². The number of piperidine rings is 1. The van der Waals surface area contributed by atoms with Crippen LogP contribution in [0.3, 0.4) is 0 Å². The minimum absolute atomic E-state index is 0.227. The van der Waals surface area contributed by atoms with E-state index < -0.39 is 0 Å². The molecule has 0 radical (unpaired) electrons. The van der Waals surface area contributed by atoms with Crippen molar-refractivity contribution in [1.82, 2.24) is 4.90 Å². The van der Waals surface area contributed by atoms with Gasteiger partial charge in [0.2, 0.25) is 0 Å². The molecule has 1 aromatic carbocycles. The van der Waals surface area contributed by atoms with E-state index in [9.17, 15) is 10.4 Å². The van der Waals surface area contributed by atoms with Gasteiger partial charge in [-0.3, -0.25) is 0 Å². The minimum atomic E-state index is -0.348. The number of rotatable bonds is 14. The minimum Gasteiger partial charge on any atom is -0.392 e. The fraction of sp³-hybridized carbons (Fsp3) is 0.731. The van der Waals surface area contributed by atoms with Gasteiger partial charge in [-0.1, -0.05) is 101 Å². The molecule has 1 atom stereocenters. The first-order chi connectivity index (χ1) is 14.2. The van der Waals surface area contributed by atoms with E-state index in [0.717, 1.165) is 50.9 Å². The molecule has 1 aliphatic heterocycles. The summed E-state index contributed by atoms with van der Waals surface area (Å²) >= 11 is 0. The largest absolute Gasteiger partial charge is 0.392 e. The van der Waals surface area contributed by atoms with Gasteiger partial charge in [-0.15, -0.1) is 0 Å². The van der Waals surface area contributed by atoms with Crippen molar-refractivity contribution in [2.45, 2.75) is 102 Å². The standard InChI is InChI=1S/C26H42N2O/c1-2-3-4-5-6-7-8-9-10-14-17-25(29)22-28-20-18-26(23-27,19-21-28)24-15-12-11-13-16-24/h11-13,15-16,25,29H,2-10,14,17-22H2,1H3. The molecule has 29 heavy (non-hydrogen) atoms. The fourth-order valence-corrected chi connectivity index (χ4v) is 4.60. The summed E-state index contributed by atoms with van der Waals surface area (Å²) in [6.07, 6.45) is 15.7. The van der Waals surface area contributed by atoms with Crippen LogP contribution >= 0.6 is 0 Å². The van der Waals surface area contributed by atoms with Crippen LogP contribution in [0.5, 0.6) is 0 Å². The molecule has 1 saturated heterocycles. The zero-order valence-corrected chi connectivity index (χ0v) is 18.6. The Kier molecular flexibility index (Phi) is 11.4. The maximum absolute atomic E-state index is 10.4. The molecule has 0 bridgehead atoms. The Morgan fingerprint density at radius 2 is 1.48 bits per heavy atom. The Morgan fingerprint density at radius 1 is 0.931 bits per heavy atom. The smallest absolute Gasteiger partial charge is 0.0846 e. The van der Waals surface area contributed by atoms with Crippen LogP contribution in [0.4, 0.5) is 0 Å². The number of hydrogen-bond acceptors (Lipinski definition) is 3. The van der Waals surface area contributed by atoms with Crippen molar-refractivity contribution in [3.63, 3.8) is 0 Å². The molecular formula is C26H42N2O. The van der Waals surface area contributed by atoms with E-state index in [1.807, 2.05) is 18.2 Å². The summed E-state index contributed by atoms with van der Waals surface area (Å²) in [6.45, 7) is 4.83. The lowest BCUT2D eigenvalue weighted by Crippen LogP contribution is -2.44. The Labute approximate surface area is 179 Å². The van der Waals surface area contributed by atoms with Gasteiger partial charge in [0.1, 0.15) is 0 Å². The van der Waals surface area contributed by atoms with Gasteiger partial charge in [-0.05, 0) is 24.8 Å². The number of likely N-dealkylation sites (tertiary alicyclic amines) is 1. The number of β-amino-alcohol motifs (C(OH)–C–C–N with tert-alkyl or cyclic N) is 1. The molecule has 0 amide bonds. The number of benzene rings is 1. The predicted octanol–water partition coefficient (Wildman–Crippen LogP) is 6.22. The van der Waals surface area contributed by atoms with Gasteiger partial charge in [0, 0.05) is 19.6 Å². The molecule has 3 heteroatoms. The summed E-state index contributed by atoms with van der Waals surface area (Å²) in [6, 6.07) is 12.8. The summed E-state index contributed by atoms with van der Waals surface area (Å²) in [7, 11) is 0. The molecule has 1 unspecified atom stereocenters. The lowest BCUT2D eigenvalue weighted by atomic mass is 9.74. The third kappa shape index (κ3) is 8.49. The SMILES string of the molecule is CCCCCCCCCCCCC(O)CN1CCC(C#N)(c2ccccc2)CC1. The molecule has 3 nitrogen and oxygen atoms in total. The highest BCUT2D eigenvalue weighted by Crippen LogP contribution is 2.34. The average molecular weight is 399 g/mol. The zero-order valence-electron chi connectivity index (χ0n) is 18.6. The second-order valence-corrected chi connectivity index (χ2v) is 8.99. The quantitative estimate of drug-likeness (QED) is 0.379. The molecule has 0 aliphatic carbocycles. The first kappa shape index (κ1) is 23.9. The lowest BCUT2D eigenvalue weighted by Gasteiger charge is -2.38. The zero-order chi connectivity index (χ0) is 20.8. The van der Waals surface area contributed by atoms with Gasteiger partial charge in [0.15, 0.2) is 0 Å². The summed E-state index contributed by atoms with van der Waals surface area (Å²) in [4.78, 5) is 2.35. The first-order valence-corrected chi connectivity index (χ1v) is 12.1. The molecule has 2 rings (SSSR count). The molecule has 1 fully saturated rings. The van der Waals surface area contributed by atoms with E-state index in [-0.39, 0.29) is 11.5 Å². The van der Waals surface area contributed by atoms with E-state index in [4.69, 9.17) is 0 Å². The van der Waals surface area contributed by atoms with Crippen LogP contribution in [0.25, 0.3) is 0 Å². The third-order valence-electron chi connectivity index (χ3n) is 6.61. The van der Waals surface area contributed by atoms with Crippen LogP contribution in [0.15, 0.2) is 30.3 Å². The van der Waals surface area contributed by atoms with Gasteiger partial charge < -0.3 is 10.0 Å². The summed E-state index contributed by atoms with van der Waals surface area (Å²) in [5.41, 5.74) is 0.798. The van der Waals surface area contributed by atoms with Gasteiger partial charge >= 0.3 is 0 Å². The summed E-state index contributed by atoms with van der Waals surface area (Å²) < 4.78 is 0. The van der Waals surface area contributed by atoms with Crippen molar-refractivity contribution in [3.8, 4) is 6.07 Å². The van der Waals surface area contributed by atoms with E-state index in [2.05, 4.69) is 30.0 Å². The Hall–Kier alpha value is -1.37. The van der Waals surface area contributed by atoms with Crippen LogP contribution < -0.4 is 0 Å². The number of aliphatic hydroxyl groups excluding tert-OH is 1. The number of unbranched alkanes of at least 4 members (excludes halogenated alkanes) is 9. The van der Waals surface area contributed by atoms with Gasteiger partial charge in [-0.25, -0.2) is 0 Å². The number of aliphatic hydroxyl groups is 1. The Balaban J connectivity index is 1.54. The highest BCUT2D eigenvalue weighted by molar-refractivity contribution is 5.33. The maximum Gasteiger partial charge on any atom is 0.0846 e. The Bertz CT molecular complexity index is 572. The van der Waals surface area contributed by atoms with Crippen LogP contribution in [-0.2, 0) is 5.41 Å². The molecule has 1 aliphatic rings. The summed E-state index contributed by atoms with van der Waals surface area (Å²) in [5.74, 6) is 0. The van der Waals surface area contributed by atoms with Gasteiger partial charge in [0.05, 0.1) is 17.6 Å². The molecule has 0 aromatic heterocycles. The predicted molar refractivity (Wildman–Crippen MR) is 122 cm³/mol. The number of nitrogens with zero attached hydrogens (tertiary/aromatic N) is 2. The second-order valence-electron chi connectivity index (χ2n) is 8.99. The van der Waals surface area contributed by atoms with Crippen molar-refractivity contribution < 1.29 is 5.11 Å². The van der Waals surface area contributed by atoms with Gasteiger partial charge in [0.25, 0.3) is 0 Å². The van der Waals surface area contributed by atoms with Gasteiger partial charge in [-0.2, -0.15) is 5.26 Å². The molecule has 1 N–H and O–H groups in total. The normalized spacial score (nSPS) is 17.7. The molecule has 1 heterocycles. The monoisotopic (exact) mass is 398 g/mol. The molecule has 0 spiro atoms. The van der Waals surface area contributed by atoms with Crippen LogP contribution in [0, 0.1) is 11.3 Å². The van der Waals surface area contributed by atoms with Crippen molar-refractivity contribution in [3.05, 3.63) is 35.9 Å². The lowest BCUT2D eigenvalue weighted by molar-refractivity contribution is 0.0825. The van der Waals surface area contributed by atoms with Crippen molar-refractivity contribution in [1.29, 1.82) is 5.26 Å². The van der Waals surface area contributed by atoms with Crippen molar-refractivity contribution in [2.24, 2.45) is 0 Å². The molecule has 0 saturated carbocycles. The summed E-state index contributed by atoms with van der Waals surface area (Å²) in [5, 5.41) is 20.2. The maximum atomic E-state index is 10.4. The molecule has 162 valence electrons. The molecule has 1 aromatic rings. The Morgan fingerprint density at radius 3 is 2.03 bits per heavy atom. The highest BCUT2D eigenvalue weighted by atomic mass is 16.3. The second kappa shape index (κ2) is 13.8. The van der Waals surface area contributed by atoms with Crippen molar-refractivity contribution >= 4 is 0 Å². The van der Waals surface area contributed by atoms with E-state index in [1.165, 1.54) is 57.8 Å². The van der Waals surface area contributed by atoms with Crippen LogP contribution in [0.2, 0.25) is 0 Å². The fourth-order valence-electron chi connectivity index (χ4n) is 4.60. The van der Waals surface area contributed by atoms with Crippen LogP contribution in [0.1, 0.15) is 96.0 Å². The first-order valence-electron chi connectivity index (χ1n) is 12.1. The van der Waals surface area contributed by atoms with E-state index in [0.29, 0.717) is 0 Å². The number of nitriles is 1.